The highest BCUT2D eigenvalue weighted by atomic mass is 19.2. The summed E-state index contributed by atoms with van der Waals surface area (Å²) in [5.41, 5.74) is 9.71. The Bertz CT molecular complexity index is 3540. The summed E-state index contributed by atoms with van der Waals surface area (Å²) in [6.07, 6.45) is 0.884. The van der Waals surface area contributed by atoms with E-state index in [0.29, 0.717) is 59.2 Å². The van der Waals surface area contributed by atoms with Crippen LogP contribution in [0, 0.1) is 17.5 Å². The lowest BCUT2D eigenvalue weighted by atomic mass is 9.92. The molecule has 0 aliphatic carbocycles. The van der Waals surface area contributed by atoms with Crippen LogP contribution in [0.2, 0.25) is 0 Å². The summed E-state index contributed by atoms with van der Waals surface area (Å²) in [4.78, 5) is 131. The topological polar surface area (TPSA) is 258 Å². The summed E-state index contributed by atoms with van der Waals surface area (Å²) in [5, 5.41) is 16.8. The maximum absolute atomic E-state index is 14.7. The van der Waals surface area contributed by atoms with Crippen molar-refractivity contribution in [2.24, 2.45) is 5.73 Å². The molecule has 4 fully saturated rings. The maximum atomic E-state index is 14.7. The predicted molar refractivity (Wildman–Crippen MR) is 309 cm³/mol. The molecule has 6 aromatic rings. The van der Waals surface area contributed by atoms with Crippen LogP contribution in [0.4, 0.5) is 13.2 Å². The van der Waals surface area contributed by atoms with E-state index < -0.39 is 125 Å². The molecule has 0 radical (unpaired) electrons. The van der Waals surface area contributed by atoms with Crippen LogP contribution in [0.3, 0.4) is 0 Å². The second kappa shape index (κ2) is 26.5. The van der Waals surface area contributed by atoms with Crippen molar-refractivity contribution in [3.8, 4) is 11.1 Å². The van der Waals surface area contributed by atoms with Crippen molar-refractivity contribution in [1.29, 1.82) is 0 Å². The van der Waals surface area contributed by atoms with Crippen molar-refractivity contribution in [3.63, 3.8) is 0 Å². The Morgan fingerprint density at radius 2 is 0.744 bits per heavy atom. The normalized spacial score (nSPS) is 23.2. The molecule has 86 heavy (non-hydrogen) atoms. The first-order valence-corrected chi connectivity index (χ1v) is 28.7. The Hall–Kier alpha value is -9.66. The zero-order valence-corrected chi connectivity index (χ0v) is 46.7. The highest BCUT2D eigenvalue weighted by Gasteiger charge is 2.43. The second-order valence-corrected chi connectivity index (χ2v) is 22.2. The first-order valence-electron chi connectivity index (χ1n) is 28.7. The molecule has 9 amide bonds. The molecule has 6 aromatic carbocycles. The first kappa shape index (κ1) is 59.5. The number of carbonyl (C=O) groups excluding carboxylic acids is 9. The van der Waals surface area contributed by atoms with Gasteiger partial charge in [-0.25, -0.2) is 13.2 Å². The standard InChI is InChI=1S/C65H64F3N9O9/c66-46-29-42(30-47(67)56(46)68)36-51-61(82)75-53(34-39-16-8-3-9-17-39)65(86)77-27-11-19-55(77)63(84)73-49(59(80)71-51)32-40-20-23-43(24-21-40)45-28-41(22-25-44(45)57(69)78)35-50-60(81)74-52(33-38-14-6-2-7-15-38)64(85)76-26-10-18-54(76)62(83)72-48(58(79)70-50)31-37-12-4-1-5-13-37/h1-9,12-17,20-25,28-30,48-55H,10-11,18-19,26-27,31-36H2,(H2,69,78)(H,70,79)(H,71,80)(H,72,83)(H,73,84)(H,74,81)(H,75,82)/t48-,49-,50+,51+,52-,53-,54+,55+/m0/s1. The van der Waals surface area contributed by atoms with Crippen LogP contribution in [0.1, 0.15) is 69.4 Å². The van der Waals surface area contributed by atoms with Gasteiger partial charge in [-0.15, -0.1) is 0 Å². The number of carbonyl (C=O) groups is 9. The molecule has 10 rings (SSSR count). The third kappa shape index (κ3) is 13.9. The molecular formula is C65H64F3N9O9. The molecule has 0 aromatic heterocycles. The first-order chi connectivity index (χ1) is 41.5. The van der Waals surface area contributed by atoms with Crippen molar-refractivity contribution < 1.29 is 56.3 Å². The number of hydrogen-bond acceptors (Lipinski definition) is 9. The molecule has 4 heterocycles. The highest BCUT2D eigenvalue weighted by molar-refractivity contribution is 6.01. The zero-order chi connectivity index (χ0) is 60.6. The largest absolute Gasteiger partial charge is 0.366 e. The van der Waals surface area contributed by atoms with E-state index in [1.165, 1.54) is 15.9 Å². The summed E-state index contributed by atoms with van der Waals surface area (Å²) in [5.74, 6) is -10.8. The molecule has 18 nitrogen and oxygen atoms in total. The number of benzene rings is 6. The van der Waals surface area contributed by atoms with Gasteiger partial charge in [-0.1, -0.05) is 127 Å². The van der Waals surface area contributed by atoms with Gasteiger partial charge in [0.05, 0.1) is 0 Å². The number of fused-ring (bicyclic) bond motifs is 2. The Balaban J connectivity index is 0.936. The summed E-state index contributed by atoms with van der Waals surface area (Å²) >= 11 is 0. The maximum Gasteiger partial charge on any atom is 0.249 e. The summed E-state index contributed by atoms with van der Waals surface area (Å²) in [6.45, 7) is 0.447. The Morgan fingerprint density at radius 3 is 1.15 bits per heavy atom. The average Bonchev–Trinajstić information content (AvgIpc) is 2.25. The van der Waals surface area contributed by atoms with E-state index in [2.05, 4.69) is 31.9 Å². The Morgan fingerprint density at radius 1 is 0.407 bits per heavy atom. The van der Waals surface area contributed by atoms with Gasteiger partial charge in [0, 0.05) is 57.2 Å². The van der Waals surface area contributed by atoms with E-state index in [1.54, 1.807) is 78.9 Å². The van der Waals surface area contributed by atoms with Crippen LogP contribution in [0.15, 0.2) is 146 Å². The van der Waals surface area contributed by atoms with Crippen LogP contribution >= 0.6 is 0 Å². The Labute approximate surface area is 493 Å². The number of rotatable bonds is 14. The lowest BCUT2D eigenvalue weighted by molar-refractivity contribution is -0.143. The number of hydrogen-bond donors (Lipinski definition) is 7. The molecule has 8 N–H and O–H groups in total. The zero-order valence-electron chi connectivity index (χ0n) is 46.7. The number of halogens is 3. The van der Waals surface area contributed by atoms with E-state index in [9.17, 15) is 56.3 Å². The molecule has 0 bridgehead atoms. The monoisotopic (exact) mass is 1170 g/mol. The molecule has 0 unspecified atom stereocenters. The minimum atomic E-state index is -1.73. The fraction of sp³-hybridized carbons (Fsp3) is 0.308. The van der Waals surface area contributed by atoms with Crippen molar-refractivity contribution >= 4 is 53.2 Å². The van der Waals surface area contributed by atoms with Gasteiger partial charge in [0.15, 0.2) is 17.5 Å². The lowest BCUT2D eigenvalue weighted by Crippen LogP contribution is -2.62. The fourth-order valence-corrected chi connectivity index (χ4v) is 11.8. The molecule has 4 saturated heterocycles. The average molecular weight is 1170 g/mol. The van der Waals surface area contributed by atoms with Crippen LogP contribution in [0.25, 0.3) is 11.1 Å². The third-order valence-corrected chi connectivity index (χ3v) is 16.3. The predicted octanol–water partition coefficient (Wildman–Crippen LogP) is 3.84. The van der Waals surface area contributed by atoms with Gasteiger partial charge < -0.3 is 47.4 Å². The molecule has 0 spiro atoms. The number of amides is 9. The third-order valence-electron chi connectivity index (χ3n) is 16.3. The van der Waals surface area contributed by atoms with Crippen molar-refractivity contribution in [2.45, 2.75) is 113 Å². The second-order valence-electron chi connectivity index (χ2n) is 22.2. The van der Waals surface area contributed by atoms with Gasteiger partial charge in [0.25, 0.3) is 0 Å². The summed E-state index contributed by atoms with van der Waals surface area (Å²) in [7, 11) is 0. The minimum absolute atomic E-state index is 0.00680. The minimum Gasteiger partial charge on any atom is -0.366 e. The van der Waals surface area contributed by atoms with Gasteiger partial charge in [0.2, 0.25) is 53.2 Å². The molecule has 4 aliphatic rings. The number of nitrogens with two attached hydrogens (primary N) is 1. The quantitative estimate of drug-likeness (QED) is 0.0781. The molecule has 444 valence electrons. The molecule has 8 atom stereocenters. The van der Waals surface area contributed by atoms with E-state index in [-0.39, 0.29) is 62.7 Å². The van der Waals surface area contributed by atoms with Gasteiger partial charge in [-0.3, -0.25) is 43.2 Å². The van der Waals surface area contributed by atoms with Gasteiger partial charge in [-0.2, -0.15) is 0 Å². The number of primary amides is 1. The van der Waals surface area contributed by atoms with E-state index in [0.717, 1.165) is 11.1 Å². The van der Waals surface area contributed by atoms with E-state index >= 15 is 0 Å². The number of nitrogens with zero attached hydrogens (tertiary/aromatic N) is 2. The van der Waals surface area contributed by atoms with Gasteiger partial charge in [0.1, 0.15) is 48.3 Å². The Kier molecular flexibility index (Phi) is 18.3. The smallest absolute Gasteiger partial charge is 0.249 e. The SMILES string of the molecule is NC(=O)c1ccc(C[C@H]2NC(=O)[C@H](Cc3ccccc3)NC(=O)[C@H]3CCCN3C(=O)[C@H](Cc3ccccc3)NC2=O)cc1-c1ccc(C[C@@H]2NC(=O)[C@H]3CCCN3C(=O)[C@H](Cc3ccccc3)NC(=O)[C@@H](Cc3cc(F)c(F)c(F)c3)NC2=O)cc1. The van der Waals surface area contributed by atoms with Crippen LogP contribution < -0.4 is 37.6 Å². The van der Waals surface area contributed by atoms with Crippen molar-refractivity contribution in [3.05, 3.63) is 202 Å². The lowest BCUT2D eigenvalue weighted by Gasteiger charge is -2.32. The van der Waals surface area contributed by atoms with E-state index in [1.807, 2.05) is 48.5 Å². The molecule has 21 heteroatoms. The van der Waals surface area contributed by atoms with Crippen LogP contribution in [-0.4, -0.2) is 124 Å². The summed E-state index contributed by atoms with van der Waals surface area (Å²) < 4.78 is 43.3. The fourth-order valence-electron chi connectivity index (χ4n) is 11.8. The van der Waals surface area contributed by atoms with Crippen LogP contribution in [0.5, 0.6) is 0 Å². The van der Waals surface area contributed by atoms with Crippen molar-refractivity contribution in [1.82, 2.24) is 41.7 Å². The van der Waals surface area contributed by atoms with Crippen molar-refractivity contribution in [2.75, 3.05) is 13.1 Å². The summed E-state index contributed by atoms with van der Waals surface area (Å²) in [6, 6.07) is 29.9. The highest BCUT2D eigenvalue weighted by Crippen LogP contribution is 2.29. The van der Waals surface area contributed by atoms with Gasteiger partial charge >= 0.3 is 0 Å². The van der Waals surface area contributed by atoms with Gasteiger partial charge in [-0.05, 0) is 88.4 Å². The van der Waals surface area contributed by atoms with E-state index in [4.69, 9.17) is 5.73 Å². The van der Waals surface area contributed by atoms with Crippen LogP contribution in [-0.2, 0) is 76.9 Å². The molecule has 4 aliphatic heterocycles. The number of nitrogens with one attached hydrogen (secondary N) is 6. The molecule has 0 saturated carbocycles. The molecular weight excluding hydrogens is 1110 g/mol.